The molecular weight excluding hydrogens is 377 g/mol. The Morgan fingerprint density at radius 1 is 1.31 bits per heavy atom. The van der Waals surface area contributed by atoms with E-state index in [9.17, 15) is 9.18 Å². The Kier molecular flexibility index (Phi) is 5.19. The van der Waals surface area contributed by atoms with Gasteiger partial charge in [0.05, 0.1) is 19.4 Å². The van der Waals surface area contributed by atoms with Crippen LogP contribution < -0.4 is 10.1 Å². The van der Waals surface area contributed by atoms with E-state index in [2.05, 4.69) is 20.6 Å². The summed E-state index contributed by atoms with van der Waals surface area (Å²) in [7, 11) is 1.57. The number of halogens is 1. The molecule has 0 saturated carbocycles. The molecule has 1 aliphatic rings. The van der Waals surface area contributed by atoms with Crippen LogP contribution >= 0.6 is 0 Å². The van der Waals surface area contributed by atoms with E-state index in [4.69, 9.17) is 9.57 Å². The van der Waals surface area contributed by atoms with Crippen LogP contribution in [0.1, 0.15) is 17.5 Å². The minimum atomic E-state index is -0.787. The van der Waals surface area contributed by atoms with Gasteiger partial charge in [-0.3, -0.25) is 10.1 Å². The average Bonchev–Trinajstić information content (AvgIpc) is 3.38. The summed E-state index contributed by atoms with van der Waals surface area (Å²) in [6.07, 6.45) is 0.980. The summed E-state index contributed by atoms with van der Waals surface area (Å²) in [6.45, 7) is 0.335. The van der Waals surface area contributed by atoms with Crippen LogP contribution in [0.2, 0.25) is 0 Å². The molecule has 29 heavy (non-hydrogen) atoms. The minimum absolute atomic E-state index is 0.140. The number of ether oxygens (including phenoxy) is 1. The van der Waals surface area contributed by atoms with Crippen LogP contribution in [-0.2, 0) is 16.2 Å². The normalized spacial score (nSPS) is 15.5. The number of benzene rings is 2. The van der Waals surface area contributed by atoms with E-state index in [1.165, 1.54) is 23.1 Å². The maximum Gasteiger partial charge on any atom is 0.271 e. The molecule has 9 heteroatoms. The molecule has 2 aromatic carbocycles. The van der Waals surface area contributed by atoms with Gasteiger partial charge in [0.2, 0.25) is 12.1 Å². The number of oxime groups is 1. The van der Waals surface area contributed by atoms with Crippen LogP contribution in [0.4, 0.5) is 10.3 Å². The van der Waals surface area contributed by atoms with Crippen LogP contribution in [0.3, 0.4) is 0 Å². The number of methoxy groups -OCH3 is 1. The van der Waals surface area contributed by atoms with Gasteiger partial charge in [0.15, 0.2) is 0 Å². The predicted molar refractivity (Wildman–Crippen MR) is 103 cm³/mol. The lowest BCUT2D eigenvalue weighted by molar-refractivity contribution is -0.125. The van der Waals surface area contributed by atoms with Crippen molar-refractivity contribution in [1.29, 1.82) is 0 Å². The molecule has 1 N–H and O–H groups in total. The molecule has 1 aromatic heterocycles. The first-order chi connectivity index (χ1) is 14.1. The zero-order valence-corrected chi connectivity index (χ0v) is 15.6. The summed E-state index contributed by atoms with van der Waals surface area (Å²) in [4.78, 5) is 21.8. The van der Waals surface area contributed by atoms with Gasteiger partial charge in [0.25, 0.3) is 5.91 Å². The van der Waals surface area contributed by atoms with E-state index in [1.54, 1.807) is 19.2 Å². The quantitative estimate of drug-likeness (QED) is 0.693. The number of rotatable bonds is 6. The molecule has 0 fully saturated rings. The molecule has 0 saturated heterocycles. The number of nitrogens with zero attached hydrogens (tertiary/aromatic N) is 4. The highest BCUT2D eigenvalue weighted by atomic mass is 19.1. The van der Waals surface area contributed by atoms with E-state index in [1.807, 2.05) is 24.3 Å². The molecule has 0 aliphatic carbocycles. The molecule has 2 heterocycles. The van der Waals surface area contributed by atoms with Crippen LogP contribution in [0.5, 0.6) is 5.75 Å². The third-order valence-corrected chi connectivity index (χ3v) is 4.38. The zero-order chi connectivity index (χ0) is 20.2. The Hall–Kier alpha value is -3.75. The monoisotopic (exact) mass is 395 g/mol. The Morgan fingerprint density at radius 3 is 3.00 bits per heavy atom. The first-order valence-corrected chi connectivity index (χ1v) is 8.93. The van der Waals surface area contributed by atoms with Crippen molar-refractivity contribution >= 4 is 17.6 Å². The molecule has 148 valence electrons. The summed E-state index contributed by atoms with van der Waals surface area (Å²) in [5.41, 5.74) is 2.15. The predicted octanol–water partition coefficient (Wildman–Crippen LogP) is 2.61. The lowest BCUT2D eigenvalue weighted by atomic mass is 10.0. The van der Waals surface area contributed by atoms with Crippen molar-refractivity contribution in [3.05, 3.63) is 71.8 Å². The number of anilines is 1. The van der Waals surface area contributed by atoms with E-state index in [0.717, 1.165) is 11.1 Å². The maximum atomic E-state index is 13.3. The molecular formula is C20H18FN5O3. The first-order valence-electron chi connectivity index (χ1n) is 8.93. The van der Waals surface area contributed by atoms with E-state index in [0.29, 0.717) is 24.4 Å². The minimum Gasteiger partial charge on any atom is -0.496 e. The highest BCUT2D eigenvalue weighted by Crippen LogP contribution is 2.24. The Morgan fingerprint density at radius 2 is 2.17 bits per heavy atom. The maximum absolute atomic E-state index is 13.3. The van der Waals surface area contributed by atoms with E-state index < -0.39 is 12.0 Å². The highest BCUT2D eigenvalue weighted by Gasteiger charge is 2.30. The second-order valence-corrected chi connectivity index (χ2v) is 6.42. The SMILES string of the molecule is COc1ccccc1C1=NOC(C(=O)Nc2ncn(Cc3cccc(F)c3)n2)C1. The summed E-state index contributed by atoms with van der Waals surface area (Å²) >= 11 is 0. The number of nitrogens with one attached hydrogen (secondary N) is 1. The molecule has 1 atom stereocenters. The molecule has 8 nitrogen and oxygen atoms in total. The summed E-state index contributed by atoms with van der Waals surface area (Å²) < 4.78 is 20.1. The number of amides is 1. The van der Waals surface area contributed by atoms with Crippen LogP contribution in [0, 0.1) is 5.82 Å². The van der Waals surface area contributed by atoms with Gasteiger partial charge in [0, 0.05) is 12.0 Å². The molecule has 3 aromatic rings. The topological polar surface area (TPSA) is 90.6 Å². The highest BCUT2D eigenvalue weighted by molar-refractivity contribution is 6.07. The van der Waals surface area contributed by atoms with Crippen LogP contribution in [-0.4, -0.2) is 39.6 Å². The number of para-hydroxylation sites is 1. The fourth-order valence-corrected chi connectivity index (χ4v) is 3.00. The third-order valence-electron chi connectivity index (χ3n) is 4.38. The molecule has 0 bridgehead atoms. The number of hydrogen-bond donors (Lipinski definition) is 1. The third kappa shape index (κ3) is 4.23. The van der Waals surface area contributed by atoms with Crippen LogP contribution in [0.15, 0.2) is 60.0 Å². The van der Waals surface area contributed by atoms with Crippen molar-refractivity contribution in [3.63, 3.8) is 0 Å². The standard InChI is InChI=1S/C20H18FN5O3/c1-28-17-8-3-2-7-15(17)16-10-18(29-25-16)19(27)23-20-22-12-26(24-20)11-13-5-4-6-14(21)9-13/h2-9,12,18H,10-11H2,1H3,(H,23,24,27). The molecule has 4 rings (SSSR count). The summed E-state index contributed by atoms with van der Waals surface area (Å²) in [5.74, 6) is 0.0805. The number of carbonyl (C=O) groups is 1. The lowest BCUT2D eigenvalue weighted by Crippen LogP contribution is -2.28. The van der Waals surface area contributed by atoms with Crippen molar-refractivity contribution < 1.29 is 18.8 Å². The Labute approximate surface area is 166 Å². The largest absolute Gasteiger partial charge is 0.496 e. The molecule has 1 aliphatic heterocycles. The zero-order valence-electron chi connectivity index (χ0n) is 15.6. The van der Waals surface area contributed by atoms with Gasteiger partial charge in [-0.05, 0) is 29.8 Å². The Bertz CT molecular complexity index is 1070. The second-order valence-electron chi connectivity index (χ2n) is 6.42. The second kappa shape index (κ2) is 8.09. The van der Waals surface area contributed by atoms with Gasteiger partial charge in [-0.25, -0.2) is 14.1 Å². The summed E-state index contributed by atoms with van der Waals surface area (Å²) in [6, 6.07) is 13.6. The van der Waals surface area contributed by atoms with Crippen LogP contribution in [0.25, 0.3) is 0 Å². The van der Waals surface area contributed by atoms with Gasteiger partial charge in [-0.1, -0.05) is 29.4 Å². The van der Waals surface area contributed by atoms with Gasteiger partial charge in [-0.2, -0.15) is 0 Å². The molecule has 1 unspecified atom stereocenters. The average molecular weight is 395 g/mol. The number of aromatic nitrogens is 3. The van der Waals surface area contributed by atoms with Gasteiger partial charge in [0.1, 0.15) is 17.9 Å². The Balaban J connectivity index is 1.36. The van der Waals surface area contributed by atoms with E-state index in [-0.39, 0.29) is 11.8 Å². The number of hydrogen-bond acceptors (Lipinski definition) is 6. The molecule has 1 amide bonds. The lowest BCUT2D eigenvalue weighted by Gasteiger charge is -2.08. The van der Waals surface area contributed by atoms with Crippen molar-refractivity contribution in [1.82, 2.24) is 14.8 Å². The molecule has 0 radical (unpaired) electrons. The van der Waals surface area contributed by atoms with E-state index >= 15 is 0 Å². The van der Waals surface area contributed by atoms with Crippen molar-refractivity contribution in [2.24, 2.45) is 5.16 Å². The van der Waals surface area contributed by atoms with Gasteiger partial charge >= 0.3 is 0 Å². The molecule has 0 spiro atoms. The summed E-state index contributed by atoms with van der Waals surface area (Å²) in [5, 5.41) is 10.8. The van der Waals surface area contributed by atoms with Gasteiger partial charge in [-0.15, -0.1) is 5.10 Å². The van der Waals surface area contributed by atoms with Crippen molar-refractivity contribution in [3.8, 4) is 5.75 Å². The van der Waals surface area contributed by atoms with Crippen molar-refractivity contribution in [2.45, 2.75) is 19.1 Å². The number of carbonyl (C=O) groups excluding carboxylic acids is 1. The fraction of sp³-hybridized carbons (Fsp3) is 0.200. The first kappa shape index (κ1) is 18.6. The van der Waals surface area contributed by atoms with Crippen molar-refractivity contribution in [2.75, 3.05) is 12.4 Å². The van der Waals surface area contributed by atoms with Gasteiger partial charge < -0.3 is 9.57 Å². The smallest absolute Gasteiger partial charge is 0.271 e. The fourth-order valence-electron chi connectivity index (χ4n) is 3.00.